The van der Waals surface area contributed by atoms with Crippen LogP contribution in [0.4, 0.5) is 10.7 Å². The molecule has 0 saturated carbocycles. The van der Waals surface area contributed by atoms with Gasteiger partial charge in [-0.15, -0.1) is 0 Å². The summed E-state index contributed by atoms with van der Waals surface area (Å²) in [6.07, 6.45) is 1.50. The summed E-state index contributed by atoms with van der Waals surface area (Å²) in [5, 5.41) is 1.64. The summed E-state index contributed by atoms with van der Waals surface area (Å²) in [6, 6.07) is 3.86. The van der Waals surface area contributed by atoms with Crippen LogP contribution >= 0.6 is 11.6 Å². The van der Waals surface area contributed by atoms with Gasteiger partial charge in [0.15, 0.2) is 10.2 Å². The second-order valence-corrected chi connectivity index (χ2v) is 7.53. The van der Waals surface area contributed by atoms with Gasteiger partial charge in [0, 0.05) is 18.0 Å². The zero-order chi connectivity index (χ0) is 19.8. The number of fused-ring (bicyclic) bond motifs is 1. The molecule has 142 valence electrons. The molecule has 0 atom stereocenters. The standard InChI is InChI=1S/C15H15ClN6O4S/c1-8-4-5-22-10(6-8)18-12(16)13(22)27(24,25)21-15(23)20-14-17-9(2)7-11(19-14)26-3/h4-7H,1-3H3,(H2,17,19,20,21,23). The van der Waals surface area contributed by atoms with E-state index in [1.807, 2.05) is 11.6 Å². The molecular formula is C15H15ClN6O4S. The summed E-state index contributed by atoms with van der Waals surface area (Å²) in [7, 11) is -2.91. The molecule has 2 N–H and O–H groups in total. The van der Waals surface area contributed by atoms with Crippen molar-refractivity contribution in [2.45, 2.75) is 18.9 Å². The molecule has 0 fully saturated rings. The predicted molar refractivity (Wildman–Crippen MR) is 97.6 cm³/mol. The van der Waals surface area contributed by atoms with E-state index in [0.717, 1.165) is 5.56 Å². The van der Waals surface area contributed by atoms with Crippen LogP contribution in [0.25, 0.3) is 5.65 Å². The van der Waals surface area contributed by atoms with E-state index in [2.05, 4.69) is 20.3 Å². The Bertz CT molecular complexity index is 1140. The first-order valence-electron chi connectivity index (χ1n) is 7.57. The van der Waals surface area contributed by atoms with Crippen LogP contribution in [0, 0.1) is 13.8 Å². The van der Waals surface area contributed by atoms with Crippen LogP contribution in [0.15, 0.2) is 29.4 Å². The number of carbonyl (C=O) groups is 1. The van der Waals surface area contributed by atoms with Crippen molar-refractivity contribution in [2.75, 3.05) is 12.4 Å². The van der Waals surface area contributed by atoms with E-state index in [9.17, 15) is 13.2 Å². The number of carbonyl (C=O) groups excluding carboxylic acids is 1. The predicted octanol–water partition coefficient (Wildman–Crippen LogP) is 1.91. The molecule has 3 aromatic heterocycles. The number of sulfonamides is 1. The third-order valence-electron chi connectivity index (χ3n) is 3.44. The van der Waals surface area contributed by atoms with Gasteiger partial charge in [0.1, 0.15) is 5.65 Å². The molecule has 2 amide bonds. The van der Waals surface area contributed by atoms with Crippen LogP contribution in [-0.2, 0) is 10.0 Å². The molecule has 0 aromatic carbocycles. The third kappa shape index (κ3) is 3.93. The lowest BCUT2D eigenvalue weighted by atomic mass is 10.3. The summed E-state index contributed by atoms with van der Waals surface area (Å²) in [5.74, 6) is 0.111. The van der Waals surface area contributed by atoms with Crippen LogP contribution in [0.1, 0.15) is 11.3 Å². The zero-order valence-corrected chi connectivity index (χ0v) is 16.1. The SMILES string of the molecule is COc1cc(C)nc(NC(=O)NS(=O)(=O)c2c(Cl)nc3cc(C)ccn23)n1. The minimum Gasteiger partial charge on any atom is -0.481 e. The Morgan fingerprint density at radius 3 is 2.67 bits per heavy atom. The topological polar surface area (TPSA) is 128 Å². The highest BCUT2D eigenvalue weighted by molar-refractivity contribution is 7.90. The number of nitrogens with zero attached hydrogens (tertiary/aromatic N) is 4. The number of aromatic nitrogens is 4. The van der Waals surface area contributed by atoms with E-state index >= 15 is 0 Å². The van der Waals surface area contributed by atoms with E-state index in [1.54, 1.807) is 25.1 Å². The van der Waals surface area contributed by atoms with Crippen LogP contribution in [0.2, 0.25) is 5.15 Å². The minimum absolute atomic E-state index is 0.112. The van der Waals surface area contributed by atoms with Gasteiger partial charge >= 0.3 is 6.03 Å². The van der Waals surface area contributed by atoms with Crippen molar-refractivity contribution in [2.24, 2.45) is 0 Å². The number of halogens is 1. The second-order valence-electron chi connectivity index (χ2n) is 5.57. The number of anilines is 1. The highest BCUT2D eigenvalue weighted by Gasteiger charge is 2.27. The monoisotopic (exact) mass is 410 g/mol. The zero-order valence-electron chi connectivity index (χ0n) is 14.5. The normalized spacial score (nSPS) is 11.4. The lowest BCUT2D eigenvalue weighted by Gasteiger charge is -2.09. The molecule has 0 bridgehead atoms. The number of methoxy groups -OCH3 is 1. The number of amides is 2. The molecule has 0 aliphatic heterocycles. The molecule has 12 heteroatoms. The van der Waals surface area contributed by atoms with E-state index in [0.29, 0.717) is 11.3 Å². The molecule has 0 aliphatic carbocycles. The molecule has 0 aliphatic rings. The van der Waals surface area contributed by atoms with Crippen molar-refractivity contribution < 1.29 is 17.9 Å². The first-order chi connectivity index (χ1) is 12.7. The van der Waals surface area contributed by atoms with Gasteiger partial charge in [-0.1, -0.05) is 11.6 Å². The van der Waals surface area contributed by atoms with Gasteiger partial charge in [-0.05, 0) is 31.5 Å². The number of hydrogen-bond acceptors (Lipinski definition) is 7. The first-order valence-corrected chi connectivity index (χ1v) is 9.43. The molecular weight excluding hydrogens is 396 g/mol. The Kier molecular flexibility index (Phi) is 4.89. The Morgan fingerprint density at radius 2 is 1.96 bits per heavy atom. The summed E-state index contributed by atoms with van der Waals surface area (Å²) < 4.78 is 33.4. The molecule has 0 radical (unpaired) electrons. The smallest absolute Gasteiger partial charge is 0.335 e. The summed E-state index contributed by atoms with van der Waals surface area (Å²) in [6.45, 7) is 3.50. The molecule has 10 nitrogen and oxygen atoms in total. The van der Waals surface area contributed by atoms with Gasteiger partial charge in [-0.25, -0.2) is 19.5 Å². The summed E-state index contributed by atoms with van der Waals surface area (Å²) >= 11 is 5.98. The van der Waals surface area contributed by atoms with E-state index in [-0.39, 0.29) is 22.0 Å². The number of imidazole rings is 1. The molecule has 27 heavy (non-hydrogen) atoms. The fourth-order valence-electron chi connectivity index (χ4n) is 2.33. The Labute approximate surface area is 159 Å². The average Bonchev–Trinajstić information content (AvgIpc) is 2.89. The van der Waals surface area contributed by atoms with Crippen molar-refractivity contribution in [3.05, 3.63) is 40.8 Å². The Morgan fingerprint density at radius 1 is 1.22 bits per heavy atom. The van der Waals surface area contributed by atoms with E-state index in [4.69, 9.17) is 16.3 Å². The summed E-state index contributed by atoms with van der Waals surface area (Å²) in [4.78, 5) is 24.1. The number of aryl methyl sites for hydroxylation is 2. The number of pyridine rings is 1. The van der Waals surface area contributed by atoms with Crippen molar-refractivity contribution in [3.63, 3.8) is 0 Å². The lowest BCUT2D eigenvalue weighted by Crippen LogP contribution is -2.35. The third-order valence-corrected chi connectivity index (χ3v) is 5.17. The Hall–Kier alpha value is -2.92. The molecule has 3 rings (SSSR count). The first kappa shape index (κ1) is 18.9. The second kappa shape index (κ2) is 7.00. The average molecular weight is 411 g/mol. The van der Waals surface area contributed by atoms with Crippen molar-refractivity contribution in [1.82, 2.24) is 24.1 Å². The van der Waals surface area contributed by atoms with Gasteiger partial charge < -0.3 is 4.74 Å². The fraction of sp³-hybridized carbons (Fsp3) is 0.200. The number of hydrogen-bond donors (Lipinski definition) is 2. The molecule has 3 aromatic rings. The van der Waals surface area contributed by atoms with Crippen molar-refractivity contribution in [3.8, 4) is 5.88 Å². The van der Waals surface area contributed by atoms with Crippen molar-refractivity contribution in [1.29, 1.82) is 0 Å². The fourth-order valence-corrected chi connectivity index (χ4v) is 3.89. The maximum absolute atomic E-state index is 12.6. The maximum Gasteiger partial charge on any atom is 0.335 e. The van der Waals surface area contributed by atoms with Gasteiger partial charge in [0.25, 0.3) is 10.0 Å². The summed E-state index contributed by atoms with van der Waals surface area (Å²) in [5.41, 5.74) is 1.75. The van der Waals surface area contributed by atoms with Crippen LogP contribution < -0.4 is 14.8 Å². The number of rotatable bonds is 4. The highest BCUT2D eigenvalue weighted by Crippen LogP contribution is 2.23. The van der Waals surface area contributed by atoms with Gasteiger partial charge in [-0.2, -0.15) is 13.4 Å². The molecule has 3 heterocycles. The van der Waals surface area contributed by atoms with Crippen molar-refractivity contribution >= 4 is 39.3 Å². The quantitative estimate of drug-likeness (QED) is 0.672. The lowest BCUT2D eigenvalue weighted by molar-refractivity contribution is 0.256. The highest BCUT2D eigenvalue weighted by atomic mass is 35.5. The minimum atomic E-state index is -4.31. The van der Waals surface area contributed by atoms with E-state index < -0.39 is 16.1 Å². The number of ether oxygens (including phenoxy) is 1. The number of nitrogens with one attached hydrogen (secondary N) is 2. The molecule has 0 unspecified atom stereocenters. The molecule has 0 saturated heterocycles. The Balaban J connectivity index is 1.88. The largest absolute Gasteiger partial charge is 0.481 e. The van der Waals surface area contributed by atoms with Gasteiger partial charge in [0.2, 0.25) is 11.8 Å². The van der Waals surface area contributed by atoms with Crippen LogP contribution in [0.5, 0.6) is 5.88 Å². The van der Waals surface area contributed by atoms with E-state index in [1.165, 1.54) is 17.7 Å². The number of urea groups is 1. The van der Waals surface area contributed by atoms with Crippen LogP contribution in [0.3, 0.4) is 0 Å². The van der Waals surface area contributed by atoms with Crippen LogP contribution in [-0.4, -0.2) is 40.9 Å². The van der Waals surface area contributed by atoms with Gasteiger partial charge in [-0.3, -0.25) is 9.72 Å². The molecule has 0 spiro atoms. The van der Waals surface area contributed by atoms with Gasteiger partial charge in [0.05, 0.1) is 7.11 Å². The maximum atomic E-state index is 12.6.